The molecule has 0 heterocycles. The predicted octanol–water partition coefficient (Wildman–Crippen LogP) is 3.19. The van der Waals surface area contributed by atoms with Crippen LogP contribution in [0.15, 0.2) is 0 Å². The average Bonchev–Trinajstić information content (AvgIpc) is 2.87. The molecule has 6 heteroatoms. The summed E-state index contributed by atoms with van der Waals surface area (Å²) in [6, 6.07) is 0. The Morgan fingerprint density at radius 2 is 1.72 bits per heavy atom. The van der Waals surface area contributed by atoms with Crippen LogP contribution in [0.4, 0.5) is 0 Å². The molecule has 4 aliphatic rings. The molecule has 4 aliphatic carbocycles. The molecule has 0 aromatic rings. The van der Waals surface area contributed by atoms with Gasteiger partial charge in [-0.15, -0.1) is 0 Å². The number of ether oxygens (including phenoxy) is 2. The van der Waals surface area contributed by atoms with E-state index in [4.69, 9.17) is 9.47 Å². The molecule has 4 saturated carbocycles. The van der Waals surface area contributed by atoms with E-state index in [1.165, 1.54) is 13.8 Å². The van der Waals surface area contributed by atoms with Crippen LogP contribution in [0.1, 0.15) is 79.1 Å². The molecular weight excluding hydrogens is 372 g/mol. The first-order valence-electron chi connectivity index (χ1n) is 11.1. The lowest BCUT2D eigenvalue weighted by Gasteiger charge is -2.64. The molecule has 0 bridgehead atoms. The predicted molar refractivity (Wildman–Crippen MR) is 105 cm³/mol. The normalized spacial score (nSPS) is 48.9. The number of hydrogen-bond acceptors (Lipinski definition) is 6. The third kappa shape index (κ3) is 2.81. The van der Waals surface area contributed by atoms with Crippen LogP contribution < -0.4 is 0 Å². The first kappa shape index (κ1) is 20.8. The highest BCUT2D eigenvalue weighted by Gasteiger charge is 2.74. The second-order valence-corrected chi connectivity index (χ2v) is 10.4. The molecule has 0 spiro atoms. The van der Waals surface area contributed by atoms with Crippen molar-refractivity contribution in [2.45, 2.75) is 96.9 Å². The lowest BCUT2D eigenvalue weighted by Crippen LogP contribution is -2.71. The lowest BCUT2D eigenvalue weighted by molar-refractivity contribution is -0.260. The third-order valence-corrected chi connectivity index (χ3v) is 9.10. The highest BCUT2D eigenvalue weighted by Crippen LogP contribution is 2.67. The molecule has 8 atom stereocenters. The van der Waals surface area contributed by atoms with Crippen LogP contribution in [0.5, 0.6) is 0 Å². The zero-order valence-electron chi connectivity index (χ0n) is 18.0. The number of Topliss-reactive ketones (excluding diaryl/α,β-unsaturated/α-hetero) is 1. The summed E-state index contributed by atoms with van der Waals surface area (Å²) in [7, 11) is 0. The molecule has 0 radical (unpaired) electrons. The lowest BCUT2D eigenvalue weighted by atomic mass is 9.42. The maximum Gasteiger partial charge on any atom is 0.302 e. The zero-order valence-corrected chi connectivity index (χ0v) is 18.0. The molecule has 0 aromatic carbocycles. The van der Waals surface area contributed by atoms with E-state index in [1.54, 1.807) is 0 Å². The van der Waals surface area contributed by atoms with Gasteiger partial charge in [0, 0.05) is 31.6 Å². The van der Waals surface area contributed by atoms with Crippen molar-refractivity contribution in [1.29, 1.82) is 0 Å². The van der Waals surface area contributed by atoms with Gasteiger partial charge in [0.2, 0.25) is 0 Å². The molecule has 4 rings (SSSR count). The number of fused-ring (bicyclic) bond motifs is 5. The quantitative estimate of drug-likeness (QED) is 0.709. The number of carbonyl (C=O) groups is 3. The molecule has 29 heavy (non-hydrogen) atoms. The van der Waals surface area contributed by atoms with E-state index in [2.05, 4.69) is 6.92 Å². The van der Waals surface area contributed by atoms with Gasteiger partial charge in [0.25, 0.3) is 0 Å². The van der Waals surface area contributed by atoms with Crippen LogP contribution in [0.3, 0.4) is 0 Å². The Hall–Kier alpha value is -1.43. The Morgan fingerprint density at radius 3 is 2.38 bits per heavy atom. The van der Waals surface area contributed by atoms with Crippen LogP contribution in [-0.2, 0) is 23.9 Å². The second-order valence-electron chi connectivity index (χ2n) is 10.4. The van der Waals surface area contributed by atoms with E-state index in [1.807, 2.05) is 6.92 Å². The van der Waals surface area contributed by atoms with Crippen molar-refractivity contribution >= 4 is 17.7 Å². The summed E-state index contributed by atoms with van der Waals surface area (Å²) in [6.45, 7) is 6.93. The minimum Gasteiger partial charge on any atom is -0.462 e. The van der Waals surface area contributed by atoms with E-state index in [9.17, 15) is 19.5 Å². The Balaban J connectivity index is 1.85. The molecule has 1 N–H and O–H groups in total. The van der Waals surface area contributed by atoms with E-state index >= 15 is 0 Å². The molecular formula is C23H34O6. The first-order valence-corrected chi connectivity index (χ1v) is 11.1. The molecule has 0 unspecified atom stereocenters. The van der Waals surface area contributed by atoms with E-state index < -0.39 is 29.1 Å². The third-order valence-electron chi connectivity index (χ3n) is 9.10. The number of esters is 2. The van der Waals surface area contributed by atoms with Gasteiger partial charge in [-0.3, -0.25) is 14.4 Å². The van der Waals surface area contributed by atoms with E-state index in [0.717, 1.165) is 25.7 Å². The first-order chi connectivity index (χ1) is 13.5. The van der Waals surface area contributed by atoms with Gasteiger partial charge in [-0.1, -0.05) is 26.7 Å². The minimum absolute atomic E-state index is 0.0321. The standard InChI is InChI=1S/C23H34O6/c1-13(24)28-17-11-15-7-5-6-9-21(15,3)16-12-19(29-14(2)25)22(4)10-8-18(26)23(22,27)20(16)17/h15-17,19-20,27H,5-12H2,1-4H3/t15-,16-,17-,19+,20-,21+,22+,23-/m1/s1. The van der Waals surface area contributed by atoms with Crippen LogP contribution in [0.2, 0.25) is 0 Å². The van der Waals surface area contributed by atoms with E-state index in [-0.39, 0.29) is 35.5 Å². The fourth-order valence-electron chi connectivity index (χ4n) is 7.63. The van der Waals surface area contributed by atoms with Crippen LogP contribution in [-0.4, -0.2) is 40.6 Å². The monoisotopic (exact) mass is 406 g/mol. The molecule has 0 aromatic heterocycles. The maximum absolute atomic E-state index is 13.2. The Morgan fingerprint density at radius 1 is 1.03 bits per heavy atom. The maximum atomic E-state index is 13.2. The topological polar surface area (TPSA) is 89.9 Å². The van der Waals surface area contributed by atoms with Gasteiger partial charge in [0.15, 0.2) is 5.78 Å². The fourth-order valence-corrected chi connectivity index (χ4v) is 7.63. The molecule has 6 nitrogen and oxygen atoms in total. The van der Waals surface area contributed by atoms with Crippen LogP contribution in [0.25, 0.3) is 0 Å². The van der Waals surface area contributed by atoms with Gasteiger partial charge in [0.05, 0.1) is 0 Å². The average molecular weight is 407 g/mol. The SMILES string of the molecule is CC(=O)O[C@H]1C[C@@H]2[C@H]([C@H](OC(C)=O)C[C@H]3CCCC[C@@]32C)[C@]2(O)C(=O)CC[C@@]12C. The van der Waals surface area contributed by atoms with Crippen molar-refractivity contribution in [3.63, 3.8) is 0 Å². The van der Waals surface area contributed by atoms with Gasteiger partial charge in [-0.2, -0.15) is 0 Å². The van der Waals surface area contributed by atoms with Gasteiger partial charge in [-0.05, 0) is 49.4 Å². The highest BCUT2D eigenvalue weighted by atomic mass is 16.6. The number of carbonyl (C=O) groups excluding carboxylic acids is 3. The van der Waals surface area contributed by atoms with Crippen molar-refractivity contribution in [1.82, 2.24) is 0 Å². The number of rotatable bonds is 2. The smallest absolute Gasteiger partial charge is 0.302 e. The minimum atomic E-state index is -1.64. The van der Waals surface area contributed by atoms with Gasteiger partial charge in [0.1, 0.15) is 17.8 Å². The van der Waals surface area contributed by atoms with Crippen molar-refractivity contribution in [3.05, 3.63) is 0 Å². The fraction of sp³-hybridized carbons (Fsp3) is 0.870. The summed E-state index contributed by atoms with van der Waals surface area (Å²) in [5, 5.41) is 12.1. The summed E-state index contributed by atoms with van der Waals surface area (Å²) < 4.78 is 11.5. The highest BCUT2D eigenvalue weighted by molar-refractivity contribution is 5.91. The van der Waals surface area contributed by atoms with Crippen molar-refractivity contribution in [3.8, 4) is 0 Å². The molecule has 162 valence electrons. The Bertz CT molecular complexity index is 733. The van der Waals surface area contributed by atoms with Gasteiger partial charge >= 0.3 is 11.9 Å². The van der Waals surface area contributed by atoms with Crippen molar-refractivity contribution < 1.29 is 29.0 Å². The Kier molecular flexibility index (Phi) is 4.88. The van der Waals surface area contributed by atoms with Gasteiger partial charge < -0.3 is 14.6 Å². The second kappa shape index (κ2) is 6.79. The number of hydrogen-bond donors (Lipinski definition) is 1. The summed E-state index contributed by atoms with van der Waals surface area (Å²) in [4.78, 5) is 37.0. The molecule has 0 amide bonds. The summed E-state index contributed by atoms with van der Waals surface area (Å²) in [5.41, 5.74) is -2.55. The zero-order chi connectivity index (χ0) is 21.2. The van der Waals surface area contributed by atoms with E-state index in [0.29, 0.717) is 25.2 Å². The van der Waals surface area contributed by atoms with Gasteiger partial charge in [-0.25, -0.2) is 0 Å². The molecule has 0 aliphatic heterocycles. The summed E-state index contributed by atoms with van der Waals surface area (Å²) in [6.07, 6.45) is 5.44. The van der Waals surface area contributed by atoms with Crippen molar-refractivity contribution in [2.75, 3.05) is 0 Å². The summed E-state index contributed by atoms with van der Waals surface area (Å²) in [5.74, 6) is -1.04. The molecule has 0 saturated heterocycles. The summed E-state index contributed by atoms with van der Waals surface area (Å²) >= 11 is 0. The number of ketones is 1. The van der Waals surface area contributed by atoms with Crippen molar-refractivity contribution in [2.24, 2.45) is 28.6 Å². The largest absolute Gasteiger partial charge is 0.462 e. The van der Waals surface area contributed by atoms with Crippen LogP contribution in [0, 0.1) is 28.6 Å². The molecule has 4 fully saturated rings. The Labute approximate surface area is 172 Å². The number of aliphatic hydroxyl groups is 1. The van der Waals surface area contributed by atoms with Crippen LogP contribution >= 0.6 is 0 Å².